The molecule has 2 heterocycles. The van der Waals surface area contributed by atoms with Crippen LogP contribution in [0.4, 0.5) is 0 Å². The summed E-state index contributed by atoms with van der Waals surface area (Å²) in [4.78, 5) is 43.7. The third-order valence-corrected chi connectivity index (χ3v) is 6.86. The van der Waals surface area contributed by atoms with Gasteiger partial charge in [0, 0.05) is 5.56 Å². The molecular weight excluding hydrogens is 520 g/mol. The summed E-state index contributed by atoms with van der Waals surface area (Å²) in [7, 11) is 0. The lowest BCUT2D eigenvalue weighted by atomic mass is 9.96. The predicted octanol–water partition coefficient (Wildman–Crippen LogP) is 3.14. The minimum atomic E-state index is -0.728. The topological polar surface area (TPSA) is 105 Å². The number of aromatic nitrogens is 1. The van der Waals surface area contributed by atoms with Crippen LogP contribution in [0.25, 0.3) is 6.08 Å². The molecule has 0 spiro atoms. The van der Waals surface area contributed by atoms with E-state index in [1.165, 1.54) is 15.9 Å². The van der Waals surface area contributed by atoms with E-state index < -0.39 is 18.0 Å². The smallest absolute Gasteiger partial charge is 0.344 e. The number of allylic oxidation sites excluding steroid dienone is 1. The molecule has 0 saturated carbocycles. The van der Waals surface area contributed by atoms with Crippen molar-refractivity contribution in [3.05, 3.63) is 90.6 Å². The molecule has 9 nitrogen and oxygen atoms in total. The minimum Gasteiger partial charge on any atom is -0.494 e. The largest absolute Gasteiger partial charge is 0.494 e. The van der Waals surface area contributed by atoms with Crippen LogP contribution in [-0.4, -0.2) is 42.9 Å². The number of benzene rings is 2. The SMILES string of the molecule is CCOC(=O)COc1ccccc1/C=c1\sc2n(c1=O)[C@H](c1ccc(OCC)cc1)C(C(=O)OCC)=C(C)N=2. The molecule has 204 valence electrons. The summed E-state index contributed by atoms with van der Waals surface area (Å²) in [5.41, 5.74) is 1.82. The van der Waals surface area contributed by atoms with Crippen molar-refractivity contribution < 1.29 is 28.5 Å². The molecule has 0 saturated heterocycles. The van der Waals surface area contributed by atoms with Crippen molar-refractivity contribution >= 4 is 29.4 Å². The van der Waals surface area contributed by atoms with E-state index in [4.69, 9.17) is 18.9 Å². The van der Waals surface area contributed by atoms with Crippen molar-refractivity contribution in [1.82, 2.24) is 4.57 Å². The minimum absolute atomic E-state index is 0.193. The van der Waals surface area contributed by atoms with E-state index in [0.29, 0.717) is 44.3 Å². The molecule has 1 aliphatic heterocycles. The summed E-state index contributed by atoms with van der Waals surface area (Å²) < 4.78 is 23.4. The number of carbonyl (C=O) groups is 2. The maximum Gasteiger partial charge on any atom is 0.344 e. The lowest BCUT2D eigenvalue weighted by molar-refractivity contribution is -0.145. The summed E-state index contributed by atoms with van der Waals surface area (Å²) in [6.45, 7) is 7.82. The highest BCUT2D eigenvalue weighted by Gasteiger charge is 2.33. The molecule has 1 aliphatic rings. The molecule has 0 unspecified atom stereocenters. The van der Waals surface area contributed by atoms with E-state index in [1.54, 1.807) is 45.0 Å². The lowest BCUT2D eigenvalue weighted by Crippen LogP contribution is -2.39. The quantitative estimate of drug-likeness (QED) is 0.357. The number of hydrogen-bond acceptors (Lipinski definition) is 9. The van der Waals surface area contributed by atoms with Gasteiger partial charge in [0.25, 0.3) is 5.56 Å². The molecule has 0 radical (unpaired) electrons. The Morgan fingerprint density at radius 1 is 0.974 bits per heavy atom. The number of thiazole rings is 1. The zero-order chi connectivity index (χ0) is 27.9. The molecule has 3 aromatic rings. The van der Waals surface area contributed by atoms with Crippen LogP contribution >= 0.6 is 11.3 Å². The van der Waals surface area contributed by atoms with E-state index >= 15 is 0 Å². The summed E-state index contributed by atoms with van der Waals surface area (Å²) >= 11 is 1.21. The van der Waals surface area contributed by atoms with E-state index in [9.17, 15) is 14.4 Å². The van der Waals surface area contributed by atoms with E-state index in [-0.39, 0.29) is 25.4 Å². The number of nitrogens with zero attached hydrogens (tertiary/aromatic N) is 2. The summed E-state index contributed by atoms with van der Waals surface area (Å²) in [6.07, 6.45) is 1.70. The zero-order valence-corrected chi connectivity index (χ0v) is 23.1. The van der Waals surface area contributed by atoms with Gasteiger partial charge in [0.2, 0.25) is 0 Å². The van der Waals surface area contributed by atoms with Gasteiger partial charge < -0.3 is 18.9 Å². The third-order valence-electron chi connectivity index (χ3n) is 5.88. The van der Waals surface area contributed by atoms with Crippen LogP contribution in [0.15, 0.2) is 69.6 Å². The summed E-state index contributed by atoms with van der Waals surface area (Å²) in [5, 5.41) is 0. The Morgan fingerprint density at radius 3 is 2.38 bits per heavy atom. The monoisotopic (exact) mass is 550 g/mol. The lowest BCUT2D eigenvalue weighted by Gasteiger charge is -2.24. The molecule has 10 heteroatoms. The van der Waals surface area contributed by atoms with Crippen molar-refractivity contribution in [1.29, 1.82) is 0 Å². The van der Waals surface area contributed by atoms with Gasteiger partial charge in [-0.05, 0) is 57.5 Å². The van der Waals surface area contributed by atoms with Gasteiger partial charge in [0.15, 0.2) is 11.4 Å². The van der Waals surface area contributed by atoms with Crippen LogP contribution in [0.3, 0.4) is 0 Å². The Kier molecular flexibility index (Phi) is 8.98. The fourth-order valence-corrected chi connectivity index (χ4v) is 5.27. The number of rotatable bonds is 10. The standard InChI is InChI=1S/C29H30N2O7S/c1-5-35-21-14-12-19(13-15-21)26-25(28(34)37-7-3)18(4)30-29-31(26)27(33)23(39-29)16-20-10-8-9-11-22(20)38-17-24(32)36-6-2/h8-16,26H,5-7,17H2,1-4H3/b23-16-/t26-/m1/s1. The van der Waals surface area contributed by atoms with Crippen LogP contribution in [-0.2, 0) is 19.1 Å². The number of hydrogen-bond donors (Lipinski definition) is 0. The molecule has 1 atom stereocenters. The highest BCUT2D eigenvalue weighted by atomic mass is 32.1. The Bertz CT molecular complexity index is 1570. The molecule has 0 amide bonds. The van der Waals surface area contributed by atoms with Crippen LogP contribution in [0.5, 0.6) is 11.5 Å². The fourth-order valence-electron chi connectivity index (χ4n) is 4.23. The number of carbonyl (C=O) groups excluding carboxylic acids is 2. The zero-order valence-electron chi connectivity index (χ0n) is 22.3. The van der Waals surface area contributed by atoms with Gasteiger partial charge >= 0.3 is 11.9 Å². The molecule has 0 fully saturated rings. The molecule has 0 aliphatic carbocycles. The molecule has 39 heavy (non-hydrogen) atoms. The van der Waals surface area contributed by atoms with Crippen LogP contribution < -0.4 is 24.4 Å². The second-order valence-corrected chi connectivity index (χ2v) is 9.44. The highest BCUT2D eigenvalue weighted by Crippen LogP contribution is 2.31. The average molecular weight is 551 g/mol. The fraction of sp³-hybridized carbons (Fsp3) is 0.310. The second-order valence-electron chi connectivity index (χ2n) is 8.44. The van der Waals surface area contributed by atoms with Crippen molar-refractivity contribution in [2.75, 3.05) is 26.4 Å². The van der Waals surface area contributed by atoms with E-state index in [0.717, 1.165) is 5.56 Å². The van der Waals surface area contributed by atoms with Crippen molar-refractivity contribution in [2.24, 2.45) is 4.99 Å². The first kappa shape index (κ1) is 27.8. The Labute approximate surface area is 229 Å². The van der Waals surface area contributed by atoms with Crippen molar-refractivity contribution in [2.45, 2.75) is 33.7 Å². The predicted molar refractivity (Wildman–Crippen MR) is 147 cm³/mol. The van der Waals surface area contributed by atoms with Crippen LogP contribution in [0.1, 0.15) is 44.9 Å². The number of esters is 2. The van der Waals surface area contributed by atoms with Crippen molar-refractivity contribution in [3.63, 3.8) is 0 Å². The van der Waals surface area contributed by atoms with Gasteiger partial charge in [-0.2, -0.15) is 0 Å². The average Bonchev–Trinajstić information content (AvgIpc) is 3.22. The first-order valence-corrected chi connectivity index (χ1v) is 13.5. The highest BCUT2D eigenvalue weighted by molar-refractivity contribution is 7.07. The van der Waals surface area contributed by atoms with Gasteiger partial charge in [-0.25, -0.2) is 14.6 Å². The van der Waals surface area contributed by atoms with Crippen LogP contribution in [0, 0.1) is 0 Å². The van der Waals surface area contributed by atoms with Gasteiger partial charge in [0.05, 0.1) is 41.7 Å². The molecule has 0 N–H and O–H groups in total. The van der Waals surface area contributed by atoms with E-state index in [2.05, 4.69) is 4.99 Å². The van der Waals surface area contributed by atoms with Crippen LogP contribution in [0.2, 0.25) is 0 Å². The maximum atomic E-state index is 13.8. The molecule has 0 bridgehead atoms. The van der Waals surface area contributed by atoms with Gasteiger partial charge in [0.1, 0.15) is 11.5 Å². The third kappa shape index (κ3) is 6.12. The Morgan fingerprint density at radius 2 is 1.69 bits per heavy atom. The van der Waals surface area contributed by atoms with Crippen molar-refractivity contribution in [3.8, 4) is 11.5 Å². The molecule has 1 aromatic heterocycles. The first-order chi connectivity index (χ1) is 18.9. The number of fused-ring (bicyclic) bond motifs is 1. The van der Waals surface area contributed by atoms with Gasteiger partial charge in [-0.1, -0.05) is 41.7 Å². The molecule has 2 aromatic carbocycles. The Hall–Kier alpha value is -4.18. The molecule has 4 rings (SSSR count). The normalized spacial score (nSPS) is 14.9. The Balaban J connectivity index is 1.82. The maximum absolute atomic E-state index is 13.8. The molecular formula is C29H30N2O7S. The van der Waals surface area contributed by atoms with E-state index in [1.807, 2.05) is 37.3 Å². The van der Waals surface area contributed by atoms with Gasteiger partial charge in [-0.15, -0.1) is 0 Å². The number of ether oxygens (including phenoxy) is 4. The van der Waals surface area contributed by atoms with Gasteiger partial charge in [-0.3, -0.25) is 9.36 Å². The summed E-state index contributed by atoms with van der Waals surface area (Å²) in [6, 6.07) is 13.7. The first-order valence-electron chi connectivity index (χ1n) is 12.7. The number of para-hydroxylation sites is 1. The second kappa shape index (κ2) is 12.6. The summed E-state index contributed by atoms with van der Waals surface area (Å²) in [5.74, 6) is 0.114.